The van der Waals surface area contributed by atoms with Gasteiger partial charge in [0.2, 0.25) is 0 Å². The van der Waals surface area contributed by atoms with Gasteiger partial charge in [0, 0.05) is 12.0 Å². The lowest BCUT2D eigenvalue weighted by Gasteiger charge is -2.14. The summed E-state index contributed by atoms with van der Waals surface area (Å²) in [6, 6.07) is 25.0. The molecule has 1 aromatic heterocycles. The van der Waals surface area contributed by atoms with Gasteiger partial charge in [-0.1, -0.05) is 65.8 Å². The molecule has 1 saturated carbocycles. The summed E-state index contributed by atoms with van der Waals surface area (Å²) in [7, 11) is 0. The molecule has 0 aliphatic heterocycles. The number of amides is 1. The number of rotatable bonds is 9. The molecule has 1 amide bonds. The van der Waals surface area contributed by atoms with E-state index in [4.69, 9.17) is 19.3 Å². The fourth-order valence-corrected chi connectivity index (χ4v) is 4.66. The fourth-order valence-electron chi connectivity index (χ4n) is 4.66. The molecule has 0 radical (unpaired) electrons. The number of benzene rings is 3. The quantitative estimate of drug-likeness (QED) is 0.241. The Balaban J connectivity index is 1.22. The van der Waals surface area contributed by atoms with Gasteiger partial charge in [-0.2, -0.15) is 5.26 Å². The molecule has 40 heavy (non-hydrogen) atoms. The third-order valence-electron chi connectivity index (χ3n) is 7.13. The van der Waals surface area contributed by atoms with Crippen LogP contribution in [0, 0.1) is 18.3 Å². The van der Waals surface area contributed by atoms with Crippen molar-refractivity contribution >= 4 is 17.7 Å². The Hall–Kier alpha value is -4.90. The molecule has 1 heterocycles. The van der Waals surface area contributed by atoms with Gasteiger partial charge in [0.05, 0.1) is 30.3 Å². The molecule has 0 atom stereocenters. The van der Waals surface area contributed by atoms with Gasteiger partial charge >= 0.3 is 12.1 Å². The van der Waals surface area contributed by atoms with E-state index < -0.39 is 11.5 Å². The van der Waals surface area contributed by atoms with E-state index in [9.17, 15) is 9.59 Å². The Kier molecular flexibility index (Phi) is 7.65. The molecule has 5 rings (SSSR count). The van der Waals surface area contributed by atoms with Crippen molar-refractivity contribution < 1.29 is 23.6 Å². The zero-order valence-electron chi connectivity index (χ0n) is 22.4. The van der Waals surface area contributed by atoms with E-state index in [1.54, 1.807) is 19.1 Å². The molecular weight excluding hydrogens is 506 g/mol. The highest BCUT2D eigenvalue weighted by molar-refractivity contribution is 5.91. The average Bonchev–Trinajstić information content (AvgIpc) is 3.72. The number of nitrogens with one attached hydrogen (secondary N) is 1. The molecule has 8 heteroatoms. The van der Waals surface area contributed by atoms with E-state index in [1.807, 2.05) is 67.6 Å². The van der Waals surface area contributed by atoms with Crippen molar-refractivity contribution in [2.24, 2.45) is 0 Å². The van der Waals surface area contributed by atoms with Crippen LogP contribution in [-0.4, -0.2) is 30.4 Å². The highest BCUT2D eigenvalue weighted by Crippen LogP contribution is 2.49. The van der Waals surface area contributed by atoms with E-state index in [2.05, 4.69) is 16.5 Å². The SMILES string of the molecule is CCOC(=O)C1(c2ccc(-c3ccc(-c4onc(C)c4NC(=O)OCCc4ccc(C#N)cc4)cc3)cc2)CC1. The fraction of sp³-hybridized carbons (Fsp3) is 0.250. The number of nitriles is 1. The third kappa shape index (κ3) is 5.59. The first-order valence-corrected chi connectivity index (χ1v) is 13.2. The summed E-state index contributed by atoms with van der Waals surface area (Å²) >= 11 is 0. The number of hydrogen-bond donors (Lipinski definition) is 1. The molecule has 0 bridgehead atoms. The Bertz CT molecular complexity index is 1540. The van der Waals surface area contributed by atoms with Gasteiger partial charge in [0.25, 0.3) is 0 Å². The van der Waals surface area contributed by atoms with Crippen LogP contribution in [0.1, 0.15) is 42.1 Å². The Morgan fingerprint density at radius 2 is 1.57 bits per heavy atom. The molecule has 0 spiro atoms. The second-order valence-electron chi connectivity index (χ2n) is 9.75. The van der Waals surface area contributed by atoms with Gasteiger partial charge in [0.1, 0.15) is 11.4 Å². The van der Waals surface area contributed by atoms with Crippen LogP contribution in [-0.2, 0) is 26.1 Å². The van der Waals surface area contributed by atoms with E-state index >= 15 is 0 Å². The zero-order valence-corrected chi connectivity index (χ0v) is 22.4. The maximum atomic E-state index is 12.5. The number of nitrogens with zero attached hydrogens (tertiary/aromatic N) is 2. The maximum absolute atomic E-state index is 12.5. The van der Waals surface area contributed by atoms with Gasteiger partial charge in [-0.3, -0.25) is 10.1 Å². The summed E-state index contributed by atoms with van der Waals surface area (Å²) in [5, 5.41) is 15.7. The van der Waals surface area contributed by atoms with E-state index in [-0.39, 0.29) is 12.6 Å². The first kappa shape index (κ1) is 26.7. The maximum Gasteiger partial charge on any atom is 0.411 e. The standard InChI is InChI=1S/C32H29N3O5/c1-3-38-30(36)32(17-18-32)27-14-12-25(13-15-27)24-8-10-26(11-9-24)29-28(21(2)35-40-29)34-31(37)39-19-16-22-4-6-23(20-33)7-5-22/h4-15H,3,16-19H2,1-2H3,(H,34,37). The molecule has 1 aliphatic carbocycles. The van der Waals surface area contributed by atoms with Crippen molar-refractivity contribution in [2.75, 3.05) is 18.5 Å². The largest absolute Gasteiger partial charge is 0.465 e. The van der Waals surface area contributed by atoms with Crippen LogP contribution in [0.25, 0.3) is 22.5 Å². The third-order valence-corrected chi connectivity index (χ3v) is 7.13. The van der Waals surface area contributed by atoms with Crippen LogP contribution in [0.3, 0.4) is 0 Å². The van der Waals surface area contributed by atoms with Gasteiger partial charge in [-0.25, -0.2) is 4.79 Å². The zero-order chi connectivity index (χ0) is 28.1. The van der Waals surface area contributed by atoms with Crippen molar-refractivity contribution in [1.82, 2.24) is 5.16 Å². The summed E-state index contributed by atoms with van der Waals surface area (Å²) in [5.74, 6) is 0.294. The molecule has 1 N–H and O–H groups in total. The molecule has 4 aromatic rings. The molecule has 0 saturated heterocycles. The minimum Gasteiger partial charge on any atom is -0.465 e. The summed E-state index contributed by atoms with van der Waals surface area (Å²) < 4.78 is 16.2. The van der Waals surface area contributed by atoms with Crippen LogP contribution in [0.5, 0.6) is 0 Å². The Morgan fingerprint density at radius 3 is 2.17 bits per heavy atom. The van der Waals surface area contributed by atoms with Crippen LogP contribution in [0.15, 0.2) is 77.3 Å². The lowest BCUT2D eigenvalue weighted by Crippen LogP contribution is -2.23. The van der Waals surface area contributed by atoms with Gasteiger partial charge in [-0.15, -0.1) is 0 Å². The smallest absolute Gasteiger partial charge is 0.411 e. The Morgan fingerprint density at radius 1 is 0.950 bits per heavy atom. The second kappa shape index (κ2) is 11.5. The van der Waals surface area contributed by atoms with Crippen LogP contribution >= 0.6 is 0 Å². The number of carbonyl (C=O) groups excluding carboxylic acids is 2. The van der Waals surface area contributed by atoms with Crippen LogP contribution in [0.2, 0.25) is 0 Å². The molecule has 0 unspecified atom stereocenters. The molecular formula is C32H29N3O5. The molecule has 202 valence electrons. The summed E-state index contributed by atoms with van der Waals surface area (Å²) in [5.41, 5.74) is 5.82. The van der Waals surface area contributed by atoms with Crippen LogP contribution in [0.4, 0.5) is 10.5 Å². The van der Waals surface area contributed by atoms with Gasteiger partial charge in [0.15, 0.2) is 5.76 Å². The predicted octanol–water partition coefficient (Wildman–Crippen LogP) is 6.57. The number of esters is 1. The lowest BCUT2D eigenvalue weighted by atomic mass is 9.93. The lowest BCUT2D eigenvalue weighted by molar-refractivity contribution is -0.146. The number of hydrogen-bond acceptors (Lipinski definition) is 7. The second-order valence-corrected chi connectivity index (χ2v) is 9.75. The number of anilines is 1. The topological polar surface area (TPSA) is 114 Å². The highest BCUT2D eigenvalue weighted by atomic mass is 16.5. The highest BCUT2D eigenvalue weighted by Gasteiger charge is 2.52. The summed E-state index contributed by atoms with van der Waals surface area (Å²) in [6.07, 6.45) is 1.56. The summed E-state index contributed by atoms with van der Waals surface area (Å²) in [4.78, 5) is 24.9. The average molecular weight is 536 g/mol. The monoisotopic (exact) mass is 535 g/mol. The van der Waals surface area contributed by atoms with Gasteiger partial charge < -0.3 is 14.0 Å². The Labute approximate surface area is 232 Å². The molecule has 3 aromatic carbocycles. The summed E-state index contributed by atoms with van der Waals surface area (Å²) in [6.45, 7) is 4.14. The molecule has 1 aliphatic rings. The first-order valence-electron chi connectivity index (χ1n) is 13.2. The minimum atomic E-state index is -0.603. The number of carbonyl (C=O) groups is 2. The number of aromatic nitrogens is 1. The van der Waals surface area contributed by atoms with E-state index in [1.165, 1.54) is 0 Å². The van der Waals surface area contributed by atoms with Gasteiger partial charge in [-0.05, 0) is 61.1 Å². The van der Waals surface area contributed by atoms with E-state index in [0.717, 1.165) is 40.7 Å². The first-order chi connectivity index (χ1) is 19.4. The number of aryl methyl sites for hydroxylation is 1. The van der Waals surface area contributed by atoms with E-state index in [0.29, 0.717) is 35.7 Å². The number of ether oxygens (including phenoxy) is 2. The minimum absolute atomic E-state index is 0.144. The normalized spacial score (nSPS) is 13.2. The van der Waals surface area contributed by atoms with Crippen molar-refractivity contribution in [1.29, 1.82) is 5.26 Å². The predicted molar refractivity (Wildman–Crippen MR) is 149 cm³/mol. The van der Waals surface area contributed by atoms with Crippen LogP contribution < -0.4 is 5.32 Å². The van der Waals surface area contributed by atoms with Crippen molar-refractivity contribution in [3.8, 4) is 28.5 Å². The molecule has 1 fully saturated rings. The van der Waals surface area contributed by atoms with Crippen molar-refractivity contribution in [2.45, 2.75) is 38.5 Å². The van der Waals surface area contributed by atoms with Crippen molar-refractivity contribution in [3.05, 3.63) is 95.2 Å². The molecule has 8 nitrogen and oxygen atoms in total. The van der Waals surface area contributed by atoms with Crippen molar-refractivity contribution in [3.63, 3.8) is 0 Å².